The highest BCUT2D eigenvalue weighted by molar-refractivity contribution is 7.07. The van der Waals surface area contributed by atoms with Gasteiger partial charge in [-0.15, -0.1) is 16.4 Å². The van der Waals surface area contributed by atoms with E-state index in [4.69, 9.17) is 4.74 Å². The number of carbonyl (C=O) groups excluding carboxylic acids is 2. The van der Waals surface area contributed by atoms with Crippen LogP contribution in [0.25, 0.3) is 0 Å². The second-order valence-corrected chi connectivity index (χ2v) is 5.96. The molecule has 0 aromatic carbocycles. The van der Waals surface area contributed by atoms with E-state index in [1.165, 1.54) is 24.6 Å². The van der Waals surface area contributed by atoms with E-state index >= 15 is 0 Å². The van der Waals surface area contributed by atoms with Crippen LogP contribution in [-0.4, -0.2) is 45.1 Å². The Kier molecular flexibility index (Phi) is 4.65. The molecule has 8 nitrogen and oxygen atoms in total. The maximum atomic E-state index is 12.1. The maximum Gasteiger partial charge on any atom is 0.360 e. The topological polar surface area (TPSA) is 96.2 Å². The van der Waals surface area contributed by atoms with Gasteiger partial charge in [0.2, 0.25) is 0 Å². The lowest BCUT2D eigenvalue weighted by molar-refractivity contribution is 0.00122. The lowest BCUT2D eigenvalue weighted by Crippen LogP contribution is -2.32. The largest absolute Gasteiger partial charge is 0.464 e. The van der Waals surface area contributed by atoms with Crippen LogP contribution in [0, 0.1) is 0 Å². The molecule has 2 heterocycles. The third-order valence-electron chi connectivity index (χ3n) is 3.81. The summed E-state index contributed by atoms with van der Waals surface area (Å²) in [5.74, 6) is -0.973. The van der Waals surface area contributed by atoms with E-state index in [-0.39, 0.29) is 17.8 Å². The first kappa shape index (κ1) is 15.6. The molecule has 122 valence electrons. The molecule has 1 aliphatic rings. The van der Waals surface area contributed by atoms with Crippen molar-refractivity contribution in [1.82, 2.24) is 20.0 Å². The van der Waals surface area contributed by atoms with Crippen LogP contribution in [0.3, 0.4) is 0 Å². The van der Waals surface area contributed by atoms with Crippen LogP contribution in [0.5, 0.6) is 0 Å². The molecule has 0 N–H and O–H groups in total. The first-order valence-electron chi connectivity index (χ1n) is 7.28. The monoisotopic (exact) mass is 336 g/mol. The molecule has 0 spiro atoms. The number of ether oxygens (including phenoxy) is 2. The number of hydrogen-bond acceptors (Lipinski definition) is 8. The zero-order valence-corrected chi connectivity index (χ0v) is 13.4. The Morgan fingerprint density at radius 3 is 2.83 bits per heavy atom. The van der Waals surface area contributed by atoms with Crippen molar-refractivity contribution in [3.8, 4) is 0 Å². The van der Waals surface area contributed by atoms with Crippen molar-refractivity contribution >= 4 is 23.3 Å². The number of nitrogens with zero attached hydrogens (tertiary/aromatic N) is 4. The summed E-state index contributed by atoms with van der Waals surface area (Å²) in [4.78, 5) is 27.6. The fraction of sp³-hybridized carbons (Fsp3) is 0.500. The lowest BCUT2D eigenvalue weighted by Gasteiger charge is -2.30. The van der Waals surface area contributed by atoms with Crippen molar-refractivity contribution in [3.63, 3.8) is 0 Å². The first-order valence-corrected chi connectivity index (χ1v) is 8.22. The van der Waals surface area contributed by atoms with Crippen molar-refractivity contribution in [2.75, 3.05) is 7.11 Å². The van der Waals surface area contributed by atoms with Gasteiger partial charge in [0.05, 0.1) is 24.9 Å². The summed E-state index contributed by atoms with van der Waals surface area (Å²) in [5, 5.41) is 9.46. The molecule has 0 amide bonds. The average molecular weight is 336 g/mol. The van der Waals surface area contributed by atoms with Crippen molar-refractivity contribution < 1.29 is 19.1 Å². The van der Waals surface area contributed by atoms with E-state index < -0.39 is 11.9 Å². The van der Waals surface area contributed by atoms with Crippen LogP contribution >= 0.6 is 11.3 Å². The number of aromatic nitrogens is 4. The van der Waals surface area contributed by atoms with E-state index in [0.717, 1.165) is 25.7 Å². The van der Waals surface area contributed by atoms with E-state index in [1.807, 2.05) is 0 Å². The molecule has 1 saturated carbocycles. The van der Waals surface area contributed by atoms with E-state index in [9.17, 15) is 9.59 Å². The van der Waals surface area contributed by atoms with E-state index in [0.29, 0.717) is 5.69 Å². The summed E-state index contributed by atoms with van der Waals surface area (Å²) in [7, 11) is 1.29. The van der Waals surface area contributed by atoms with Crippen LogP contribution in [0.4, 0.5) is 0 Å². The normalized spacial score (nSPS) is 20.9. The highest BCUT2D eigenvalue weighted by atomic mass is 32.1. The summed E-state index contributed by atoms with van der Waals surface area (Å²) in [6.07, 6.45) is 4.75. The van der Waals surface area contributed by atoms with Gasteiger partial charge in [-0.1, -0.05) is 11.6 Å². The Bertz CT molecular complexity index is 685. The minimum atomic E-state index is -0.539. The molecule has 2 unspecified atom stereocenters. The van der Waals surface area contributed by atoms with Crippen molar-refractivity contribution in [3.05, 3.63) is 28.5 Å². The average Bonchev–Trinajstić information content (AvgIpc) is 3.26. The fourth-order valence-corrected chi connectivity index (χ4v) is 3.19. The van der Waals surface area contributed by atoms with Gasteiger partial charge in [0.25, 0.3) is 0 Å². The Balaban J connectivity index is 1.74. The molecule has 2 aromatic rings. The Labute approximate surface area is 136 Å². The van der Waals surface area contributed by atoms with Gasteiger partial charge in [-0.2, -0.15) is 0 Å². The summed E-state index contributed by atoms with van der Waals surface area (Å²) < 4.78 is 11.8. The molecule has 0 aliphatic heterocycles. The lowest BCUT2D eigenvalue weighted by atomic mass is 9.92. The quantitative estimate of drug-likeness (QED) is 0.786. The van der Waals surface area contributed by atoms with Gasteiger partial charge in [-0.05, 0) is 19.3 Å². The highest BCUT2D eigenvalue weighted by Crippen LogP contribution is 2.31. The molecule has 0 saturated heterocycles. The first-order chi connectivity index (χ1) is 11.2. The summed E-state index contributed by atoms with van der Waals surface area (Å²) in [6.45, 7) is 0. The zero-order chi connectivity index (χ0) is 16.2. The maximum absolute atomic E-state index is 12.1. The Morgan fingerprint density at radius 1 is 1.26 bits per heavy atom. The molecular formula is C14H16N4O4S. The summed E-state index contributed by atoms with van der Waals surface area (Å²) in [6, 6.07) is -0.141. The van der Waals surface area contributed by atoms with Gasteiger partial charge in [0, 0.05) is 5.38 Å². The Hall–Kier alpha value is -2.29. The highest BCUT2D eigenvalue weighted by Gasteiger charge is 2.32. The third kappa shape index (κ3) is 3.39. The minimum Gasteiger partial charge on any atom is -0.464 e. The SMILES string of the molecule is COC(=O)c1cn(C2CCCCC2OC(=O)c2cscn2)nn1. The van der Waals surface area contributed by atoms with Gasteiger partial charge in [-0.25, -0.2) is 19.3 Å². The predicted molar refractivity (Wildman–Crippen MR) is 80.2 cm³/mol. The van der Waals surface area contributed by atoms with Crippen molar-refractivity contribution in [1.29, 1.82) is 0 Å². The van der Waals surface area contributed by atoms with Gasteiger partial charge in [0.1, 0.15) is 6.10 Å². The number of thiazole rings is 1. The zero-order valence-electron chi connectivity index (χ0n) is 12.5. The fourth-order valence-electron chi connectivity index (χ4n) is 2.67. The molecule has 0 bridgehead atoms. The number of carbonyl (C=O) groups is 2. The standard InChI is InChI=1S/C14H16N4O4S/c1-21-13(19)9-6-18(17-16-9)11-4-2-3-5-12(11)22-14(20)10-7-23-8-15-10/h6-8,11-12H,2-5H2,1H3. The smallest absolute Gasteiger partial charge is 0.360 e. The number of rotatable bonds is 4. The molecule has 2 atom stereocenters. The summed E-state index contributed by atoms with van der Waals surface area (Å²) in [5.41, 5.74) is 2.05. The number of esters is 2. The van der Waals surface area contributed by atoms with Crippen LogP contribution in [0.1, 0.15) is 52.7 Å². The molecule has 3 rings (SSSR count). The van der Waals surface area contributed by atoms with E-state index in [2.05, 4.69) is 20.0 Å². The number of methoxy groups -OCH3 is 1. The van der Waals surface area contributed by atoms with Gasteiger partial charge >= 0.3 is 11.9 Å². The van der Waals surface area contributed by atoms with Gasteiger partial charge < -0.3 is 9.47 Å². The molecular weight excluding hydrogens is 320 g/mol. The molecule has 2 aromatic heterocycles. The molecule has 23 heavy (non-hydrogen) atoms. The second kappa shape index (κ2) is 6.86. The van der Waals surface area contributed by atoms with Crippen molar-refractivity contribution in [2.45, 2.75) is 37.8 Å². The van der Waals surface area contributed by atoms with Crippen LogP contribution in [-0.2, 0) is 9.47 Å². The minimum absolute atomic E-state index is 0.141. The molecule has 9 heteroatoms. The molecule has 1 aliphatic carbocycles. The second-order valence-electron chi connectivity index (χ2n) is 5.24. The van der Waals surface area contributed by atoms with Gasteiger partial charge in [-0.3, -0.25) is 0 Å². The summed E-state index contributed by atoms with van der Waals surface area (Å²) >= 11 is 1.35. The third-order valence-corrected chi connectivity index (χ3v) is 4.40. The number of hydrogen-bond donors (Lipinski definition) is 0. The van der Waals surface area contributed by atoms with Gasteiger partial charge in [0.15, 0.2) is 11.4 Å². The molecule has 1 fully saturated rings. The van der Waals surface area contributed by atoms with Crippen LogP contribution < -0.4 is 0 Å². The van der Waals surface area contributed by atoms with E-state index in [1.54, 1.807) is 15.6 Å². The van der Waals surface area contributed by atoms with Crippen LogP contribution in [0.2, 0.25) is 0 Å². The van der Waals surface area contributed by atoms with Crippen LogP contribution in [0.15, 0.2) is 17.1 Å². The predicted octanol–water partition coefficient (Wildman–Crippen LogP) is 1.86. The molecule has 0 radical (unpaired) electrons. The van der Waals surface area contributed by atoms with Crippen molar-refractivity contribution in [2.24, 2.45) is 0 Å². The Morgan fingerprint density at radius 2 is 2.09 bits per heavy atom.